The van der Waals surface area contributed by atoms with E-state index in [-0.39, 0.29) is 11.5 Å². The summed E-state index contributed by atoms with van der Waals surface area (Å²) in [5, 5.41) is -0.941. The highest BCUT2D eigenvalue weighted by atomic mass is 32.2. The van der Waals surface area contributed by atoms with Crippen LogP contribution in [-0.2, 0) is 37.8 Å². The van der Waals surface area contributed by atoms with Crippen molar-refractivity contribution < 1.29 is 17.9 Å². The van der Waals surface area contributed by atoms with Gasteiger partial charge in [0, 0.05) is 60.6 Å². The van der Waals surface area contributed by atoms with Crippen LogP contribution in [0.2, 0.25) is 0 Å². The van der Waals surface area contributed by atoms with Crippen molar-refractivity contribution in [1.82, 2.24) is 9.80 Å². The molecular formula is C22H34N2O4S2. The Bertz CT molecular complexity index is 906. The minimum Gasteiger partial charge on any atom is -0.370 e. The van der Waals surface area contributed by atoms with Crippen molar-refractivity contribution in [1.29, 1.82) is 0 Å². The van der Waals surface area contributed by atoms with Crippen LogP contribution in [0.3, 0.4) is 0 Å². The number of hydrogen-bond acceptors (Lipinski definition) is 6. The molecule has 3 aliphatic rings. The fourth-order valence-electron chi connectivity index (χ4n) is 5.18. The highest BCUT2D eigenvalue weighted by molar-refractivity contribution is 7.92. The first-order chi connectivity index (χ1) is 14.1. The van der Waals surface area contributed by atoms with Crippen LogP contribution >= 0.6 is 11.3 Å². The monoisotopic (exact) mass is 454 g/mol. The molecule has 1 spiro atoms. The molecule has 2 saturated heterocycles. The molecule has 1 aromatic heterocycles. The summed E-state index contributed by atoms with van der Waals surface area (Å²) in [4.78, 5) is 19.5. The molecule has 0 aliphatic carbocycles. The normalized spacial score (nSPS) is 28.9. The zero-order valence-corrected chi connectivity index (χ0v) is 20.2. The van der Waals surface area contributed by atoms with Crippen molar-refractivity contribution in [3.8, 4) is 0 Å². The lowest BCUT2D eigenvalue weighted by molar-refractivity contribution is -0.139. The molecular weight excluding hydrogens is 420 g/mol. The maximum atomic E-state index is 12.3. The first kappa shape index (κ1) is 22.2. The number of hydrogen-bond donors (Lipinski definition) is 0. The molecule has 168 valence electrons. The molecule has 3 atom stereocenters. The predicted molar refractivity (Wildman–Crippen MR) is 120 cm³/mol. The van der Waals surface area contributed by atoms with Gasteiger partial charge in [-0.3, -0.25) is 4.79 Å². The Morgan fingerprint density at radius 1 is 1.40 bits per heavy atom. The van der Waals surface area contributed by atoms with E-state index < -0.39 is 15.1 Å². The number of likely N-dealkylation sites (tertiary alicyclic amines) is 2. The van der Waals surface area contributed by atoms with Crippen molar-refractivity contribution in [2.45, 2.75) is 63.3 Å². The minimum absolute atomic E-state index is 0.125. The van der Waals surface area contributed by atoms with Crippen LogP contribution in [0.5, 0.6) is 0 Å². The Morgan fingerprint density at radius 3 is 2.77 bits per heavy atom. The summed E-state index contributed by atoms with van der Waals surface area (Å²) < 4.78 is 29.7. The lowest BCUT2D eigenvalue weighted by atomic mass is 9.79. The molecule has 1 unspecified atom stereocenters. The van der Waals surface area contributed by atoms with Crippen LogP contribution in [0.4, 0.5) is 0 Å². The van der Waals surface area contributed by atoms with E-state index >= 15 is 0 Å². The summed E-state index contributed by atoms with van der Waals surface area (Å²) in [6, 6.07) is 2.81. The van der Waals surface area contributed by atoms with Gasteiger partial charge in [-0.05, 0) is 44.7 Å². The van der Waals surface area contributed by atoms with Gasteiger partial charge in [-0.1, -0.05) is 6.92 Å². The average Bonchev–Trinajstić information content (AvgIpc) is 3.09. The number of aryl methyl sites for hydroxylation is 1. The third kappa shape index (κ3) is 4.08. The average molecular weight is 455 g/mol. The van der Waals surface area contributed by atoms with E-state index in [1.54, 1.807) is 4.90 Å². The van der Waals surface area contributed by atoms with Crippen LogP contribution in [-0.4, -0.2) is 74.5 Å². The van der Waals surface area contributed by atoms with Crippen molar-refractivity contribution in [2.75, 3.05) is 39.0 Å². The number of carbonyl (C=O) groups excluding carboxylic acids is 1. The van der Waals surface area contributed by atoms with Gasteiger partial charge in [-0.2, -0.15) is 0 Å². The summed E-state index contributed by atoms with van der Waals surface area (Å²) in [5.74, 6) is 0.166. The van der Waals surface area contributed by atoms with Crippen molar-refractivity contribution in [3.63, 3.8) is 0 Å². The van der Waals surface area contributed by atoms with Crippen molar-refractivity contribution >= 4 is 27.1 Å². The molecule has 8 heteroatoms. The Kier molecular flexibility index (Phi) is 6.07. The number of amides is 1. The molecule has 0 aromatic carbocycles. The highest BCUT2D eigenvalue weighted by Gasteiger charge is 2.45. The molecule has 4 rings (SSSR count). The molecule has 3 aliphatic heterocycles. The number of sulfone groups is 1. The van der Waals surface area contributed by atoms with Crippen LogP contribution < -0.4 is 0 Å². The van der Waals surface area contributed by atoms with Gasteiger partial charge < -0.3 is 14.5 Å². The van der Waals surface area contributed by atoms with Gasteiger partial charge in [0.05, 0.1) is 12.2 Å². The van der Waals surface area contributed by atoms with Gasteiger partial charge >= 0.3 is 0 Å². The summed E-state index contributed by atoms with van der Waals surface area (Å²) in [6.45, 7) is 10.1. The molecule has 0 bridgehead atoms. The molecule has 6 nitrogen and oxygen atoms in total. The van der Waals surface area contributed by atoms with E-state index in [2.05, 4.69) is 24.8 Å². The number of rotatable bonds is 5. The Labute approximate surface area is 184 Å². The lowest BCUT2D eigenvalue weighted by Gasteiger charge is -2.50. The smallest absolute Gasteiger partial charge is 0.240 e. The van der Waals surface area contributed by atoms with Gasteiger partial charge in [-0.15, -0.1) is 11.3 Å². The summed E-state index contributed by atoms with van der Waals surface area (Å²) in [7, 11) is -3.33. The number of piperidine rings is 1. The highest BCUT2D eigenvalue weighted by Crippen LogP contribution is 2.46. The van der Waals surface area contributed by atoms with Gasteiger partial charge in [0.15, 0.2) is 9.84 Å². The van der Waals surface area contributed by atoms with E-state index in [9.17, 15) is 13.2 Å². The van der Waals surface area contributed by atoms with Gasteiger partial charge in [0.2, 0.25) is 5.91 Å². The zero-order chi connectivity index (χ0) is 21.7. The standard InChI is InChI=1S/C22H34N2O4S2/c1-5-18-10-19-20(29-18)6-9-28-22(19)7-8-23(15(2)11-22)12-17-13-24(14-17)21(25)16(3)30(4,26)27/h10,15-17H,5-9,11-14H2,1-4H3/t15-,16?,22+/m0/s1. The molecule has 0 radical (unpaired) electrons. The number of thiophene rings is 1. The minimum atomic E-state index is -3.33. The van der Waals surface area contributed by atoms with E-state index in [1.165, 1.54) is 22.2 Å². The van der Waals surface area contributed by atoms with Crippen LogP contribution in [0.25, 0.3) is 0 Å². The van der Waals surface area contributed by atoms with Gasteiger partial charge in [0.25, 0.3) is 0 Å². The Morgan fingerprint density at radius 2 is 2.13 bits per heavy atom. The summed E-state index contributed by atoms with van der Waals surface area (Å²) in [5.41, 5.74) is 1.32. The number of ether oxygens (including phenoxy) is 1. The summed E-state index contributed by atoms with van der Waals surface area (Å²) >= 11 is 1.96. The fraction of sp³-hybridized carbons (Fsp3) is 0.773. The number of fused-ring (bicyclic) bond motifs is 2. The molecule has 0 saturated carbocycles. The maximum Gasteiger partial charge on any atom is 0.240 e. The second-order valence-electron chi connectivity index (χ2n) is 9.37. The third-order valence-electron chi connectivity index (χ3n) is 7.21. The van der Waals surface area contributed by atoms with E-state index in [1.807, 2.05) is 11.3 Å². The molecule has 30 heavy (non-hydrogen) atoms. The lowest BCUT2D eigenvalue weighted by Crippen LogP contribution is -2.59. The fourth-order valence-corrected chi connectivity index (χ4v) is 6.88. The molecule has 4 heterocycles. The largest absolute Gasteiger partial charge is 0.370 e. The zero-order valence-electron chi connectivity index (χ0n) is 18.5. The first-order valence-electron chi connectivity index (χ1n) is 11.1. The Hall–Kier alpha value is -0.960. The third-order valence-corrected chi connectivity index (χ3v) is 10.0. The molecule has 1 amide bonds. The maximum absolute atomic E-state index is 12.3. The van der Waals surface area contributed by atoms with Crippen molar-refractivity contribution in [2.24, 2.45) is 5.92 Å². The topological polar surface area (TPSA) is 66.9 Å². The second-order valence-corrected chi connectivity index (χ2v) is 13.0. The molecule has 2 fully saturated rings. The van der Waals surface area contributed by atoms with Crippen LogP contribution in [0, 0.1) is 5.92 Å². The summed E-state index contributed by atoms with van der Waals surface area (Å²) in [6.07, 6.45) is 5.29. The van der Waals surface area contributed by atoms with E-state index in [4.69, 9.17) is 4.74 Å². The number of nitrogens with zero attached hydrogens (tertiary/aromatic N) is 2. The SMILES string of the molecule is CCc1cc2c(s1)CCO[C@@]21CCN(CC2CN(C(=O)C(C)S(C)(=O)=O)C2)[C@@H](C)C1. The molecule has 1 aromatic rings. The van der Waals surface area contributed by atoms with Crippen molar-refractivity contribution in [3.05, 3.63) is 21.4 Å². The quantitative estimate of drug-likeness (QED) is 0.684. The Balaban J connectivity index is 1.34. The van der Waals surface area contributed by atoms with Crippen LogP contribution in [0.15, 0.2) is 6.07 Å². The number of carbonyl (C=O) groups is 1. The van der Waals surface area contributed by atoms with E-state index in [0.717, 1.165) is 51.6 Å². The predicted octanol–water partition coefficient (Wildman–Crippen LogP) is 2.45. The second kappa shape index (κ2) is 8.19. The molecule has 0 N–H and O–H groups in total. The van der Waals surface area contributed by atoms with Crippen LogP contribution in [0.1, 0.15) is 48.9 Å². The van der Waals surface area contributed by atoms with Gasteiger partial charge in [-0.25, -0.2) is 8.42 Å². The first-order valence-corrected chi connectivity index (χ1v) is 13.9. The van der Waals surface area contributed by atoms with E-state index in [0.29, 0.717) is 25.0 Å². The van der Waals surface area contributed by atoms with Gasteiger partial charge in [0.1, 0.15) is 5.25 Å².